The van der Waals surface area contributed by atoms with Crippen molar-refractivity contribution in [2.75, 3.05) is 13.2 Å². The maximum Gasteiger partial charge on any atom is 0.138 e. The third-order valence-electron chi connectivity index (χ3n) is 3.08. The molecule has 3 aromatic rings. The van der Waals surface area contributed by atoms with Crippen molar-refractivity contribution in [2.45, 2.75) is 0 Å². The van der Waals surface area contributed by atoms with Crippen LogP contribution in [0.2, 0.25) is 0 Å². The third-order valence-corrected chi connectivity index (χ3v) is 3.08. The monoisotopic (exact) mass is 306 g/mol. The summed E-state index contributed by atoms with van der Waals surface area (Å²) < 4.78 is 12.9. The summed E-state index contributed by atoms with van der Waals surface area (Å²) >= 11 is 0. The van der Waals surface area contributed by atoms with Gasteiger partial charge < -0.3 is 9.47 Å². The summed E-state index contributed by atoms with van der Waals surface area (Å²) in [5.74, 6) is 1.39. The fourth-order valence-electron chi connectivity index (χ4n) is 2.03. The number of hydrogen-bond acceptors (Lipinski definition) is 5. The van der Waals surface area contributed by atoms with Crippen molar-refractivity contribution < 1.29 is 9.47 Å². The molecular weight excluding hydrogens is 292 g/mol. The Kier molecular flexibility index (Phi) is 4.50. The zero-order valence-electron chi connectivity index (χ0n) is 12.3. The van der Waals surface area contributed by atoms with Crippen LogP contribution < -0.4 is 9.47 Å². The molecule has 0 N–H and O–H groups in total. The Balaban J connectivity index is 1.53. The summed E-state index contributed by atoms with van der Waals surface area (Å²) in [6, 6.07) is 16.7. The average Bonchev–Trinajstić information content (AvgIpc) is 3.14. The van der Waals surface area contributed by atoms with Gasteiger partial charge in [-0.1, -0.05) is 12.1 Å². The van der Waals surface area contributed by atoms with Gasteiger partial charge in [0.2, 0.25) is 0 Å². The molecule has 6 heteroatoms. The Morgan fingerprint density at radius 3 is 2.43 bits per heavy atom. The van der Waals surface area contributed by atoms with E-state index in [1.165, 1.54) is 6.33 Å². The van der Waals surface area contributed by atoms with Gasteiger partial charge in [-0.25, -0.2) is 9.67 Å². The molecule has 0 aliphatic heterocycles. The zero-order chi connectivity index (χ0) is 15.9. The van der Waals surface area contributed by atoms with Crippen LogP contribution in [0.1, 0.15) is 5.56 Å². The predicted molar refractivity (Wildman–Crippen MR) is 83.5 cm³/mol. The molecule has 0 spiro atoms. The van der Waals surface area contributed by atoms with Gasteiger partial charge in [-0.15, -0.1) is 0 Å². The predicted octanol–water partition coefficient (Wildman–Crippen LogP) is 2.60. The summed E-state index contributed by atoms with van der Waals surface area (Å²) in [5, 5.41) is 12.9. The topological polar surface area (TPSA) is 73.0 Å². The number of rotatable bonds is 6. The highest BCUT2D eigenvalue weighted by atomic mass is 16.5. The highest BCUT2D eigenvalue weighted by Crippen LogP contribution is 2.16. The number of ether oxygens (including phenoxy) is 2. The molecule has 1 aromatic heterocycles. The van der Waals surface area contributed by atoms with E-state index in [2.05, 4.69) is 16.2 Å². The van der Waals surface area contributed by atoms with Crippen LogP contribution in [-0.2, 0) is 0 Å². The lowest BCUT2D eigenvalue weighted by Crippen LogP contribution is -2.09. The maximum absolute atomic E-state index is 8.84. The summed E-state index contributed by atoms with van der Waals surface area (Å²) in [7, 11) is 0. The number of benzene rings is 2. The van der Waals surface area contributed by atoms with Gasteiger partial charge in [0.15, 0.2) is 0 Å². The lowest BCUT2D eigenvalue weighted by atomic mass is 10.2. The SMILES string of the molecule is N#Cc1cccc(OCCOc2cccc(-n3cncn3)c2)c1. The van der Waals surface area contributed by atoms with Crippen molar-refractivity contribution in [2.24, 2.45) is 0 Å². The molecule has 0 fully saturated rings. The standard InChI is InChI=1S/C17H14N4O2/c18-11-14-3-1-5-16(9-14)22-7-8-23-17-6-2-4-15(10-17)21-13-19-12-20-21/h1-6,9-10,12-13H,7-8H2. The number of nitrogens with zero attached hydrogens (tertiary/aromatic N) is 4. The second-order valence-electron chi connectivity index (χ2n) is 4.67. The van der Waals surface area contributed by atoms with Gasteiger partial charge >= 0.3 is 0 Å². The van der Waals surface area contributed by atoms with Crippen LogP contribution in [0.4, 0.5) is 0 Å². The van der Waals surface area contributed by atoms with Crippen molar-refractivity contribution in [3.8, 4) is 23.3 Å². The molecule has 2 aromatic carbocycles. The maximum atomic E-state index is 8.84. The van der Waals surface area contributed by atoms with Crippen molar-refractivity contribution in [3.63, 3.8) is 0 Å². The van der Waals surface area contributed by atoms with Crippen LogP contribution in [0.3, 0.4) is 0 Å². The van der Waals surface area contributed by atoms with Crippen molar-refractivity contribution in [1.29, 1.82) is 5.26 Å². The fraction of sp³-hybridized carbons (Fsp3) is 0.118. The Morgan fingerprint density at radius 1 is 1.00 bits per heavy atom. The Morgan fingerprint density at radius 2 is 1.74 bits per heavy atom. The first-order valence-corrected chi connectivity index (χ1v) is 7.06. The Bertz CT molecular complexity index is 809. The average molecular weight is 306 g/mol. The highest BCUT2D eigenvalue weighted by molar-refractivity contribution is 5.38. The molecule has 0 aliphatic carbocycles. The van der Waals surface area contributed by atoms with E-state index in [1.54, 1.807) is 29.2 Å². The van der Waals surface area contributed by atoms with E-state index in [-0.39, 0.29) is 0 Å². The molecule has 0 atom stereocenters. The van der Waals surface area contributed by atoms with Gasteiger partial charge in [0.05, 0.1) is 17.3 Å². The molecule has 0 bridgehead atoms. The molecule has 0 aliphatic rings. The van der Waals surface area contributed by atoms with Crippen molar-refractivity contribution in [3.05, 3.63) is 66.7 Å². The molecule has 0 unspecified atom stereocenters. The minimum Gasteiger partial charge on any atom is -0.490 e. The van der Waals surface area contributed by atoms with E-state index in [9.17, 15) is 0 Å². The van der Waals surface area contributed by atoms with E-state index in [0.29, 0.717) is 24.5 Å². The van der Waals surface area contributed by atoms with E-state index in [1.807, 2.05) is 30.3 Å². The molecule has 0 amide bonds. The molecule has 6 nitrogen and oxygen atoms in total. The second kappa shape index (κ2) is 7.09. The van der Waals surface area contributed by atoms with Gasteiger partial charge in [-0.2, -0.15) is 10.4 Å². The van der Waals surface area contributed by atoms with Crippen LogP contribution in [0, 0.1) is 11.3 Å². The summed E-state index contributed by atoms with van der Waals surface area (Å²) in [4.78, 5) is 3.92. The summed E-state index contributed by atoms with van der Waals surface area (Å²) in [6.45, 7) is 0.792. The molecule has 0 saturated heterocycles. The van der Waals surface area contributed by atoms with Gasteiger partial charge in [0, 0.05) is 6.07 Å². The minimum absolute atomic E-state index is 0.391. The number of aromatic nitrogens is 3. The van der Waals surface area contributed by atoms with Crippen LogP contribution in [0.15, 0.2) is 61.2 Å². The smallest absolute Gasteiger partial charge is 0.138 e. The Labute approximate surface area is 133 Å². The van der Waals surface area contributed by atoms with Crippen molar-refractivity contribution in [1.82, 2.24) is 14.8 Å². The van der Waals surface area contributed by atoms with Gasteiger partial charge in [0.1, 0.15) is 37.4 Å². The molecule has 1 heterocycles. The summed E-state index contributed by atoms with van der Waals surface area (Å²) in [6.07, 6.45) is 3.11. The van der Waals surface area contributed by atoms with Gasteiger partial charge in [0.25, 0.3) is 0 Å². The molecule has 23 heavy (non-hydrogen) atoms. The third kappa shape index (κ3) is 3.86. The molecule has 3 rings (SSSR count). The quantitative estimate of drug-likeness (QED) is 0.654. The van der Waals surface area contributed by atoms with Crippen LogP contribution in [-0.4, -0.2) is 28.0 Å². The minimum atomic E-state index is 0.391. The number of nitriles is 1. The first-order valence-electron chi connectivity index (χ1n) is 7.06. The fourth-order valence-corrected chi connectivity index (χ4v) is 2.03. The first-order chi connectivity index (χ1) is 11.3. The molecule has 114 valence electrons. The zero-order valence-corrected chi connectivity index (χ0v) is 12.3. The van der Waals surface area contributed by atoms with Gasteiger partial charge in [-0.05, 0) is 30.3 Å². The first kappa shape index (κ1) is 14.6. The second-order valence-corrected chi connectivity index (χ2v) is 4.67. The van der Waals surface area contributed by atoms with Gasteiger partial charge in [-0.3, -0.25) is 0 Å². The van der Waals surface area contributed by atoms with Crippen LogP contribution in [0.5, 0.6) is 11.5 Å². The molecule has 0 radical (unpaired) electrons. The van der Waals surface area contributed by atoms with Crippen molar-refractivity contribution >= 4 is 0 Å². The molecular formula is C17H14N4O2. The lowest BCUT2D eigenvalue weighted by molar-refractivity contribution is 0.217. The molecule has 0 saturated carbocycles. The Hall–Kier alpha value is -3.33. The van der Waals surface area contributed by atoms with Crippen LogP contribution >= 0.6 is 0 Å². The lowest BCUT2D eigenvalue weighted by Gasteiger charge is -2.09. The van der Waals surface area contributed by atoms with E-state index in [0.717, 1.165) is 11.4 Å². The van der Waals surface area contributed by atoms with E-state index >= 15 is 0 Å². The normalized spacial score (nSPS) is 10.0. The van der Waals surface area contributed by atoms with E-state index < -0.39 is 0 Å². The highest BCUT2D eigenvalue weighted by Gasteiger charge is 2.01. The van der Waals surface area contributed by atoms with E-state index in [4.69, 9.17) is 14.7 Å². The number of hydrogen-bond donors (Lipinski definition) is 0. The summed E-state index contributed by atoms with van der Waals surface area (Å²) in [5.41, 5.74) is 1.45. The largest absolute Gasteiger partial charge is 0.490 e. The van der Waals surface area contributed by atoms with Crippen LogP contribution in [0.25, 0.3) is 5.69 Å².